The monoisotopic (exact) mass is 1540 g/mol. The number of esters is 4. The van der Waals surface area contributed by atoms with Crippen molar-refractivity contribution < 1.29 is 67.4 Å². The molecule has 2 heterocycles. The molecule has 106 heavy (non-hydrogen) atoms. The minimum atomic E-state index is -0.825. The zero-order valence-corrected chi connectivity index (χ0v) is 64.4. The number of hydrogen-bond donors (Lipinski definition) is 3. The van der Waals surface area contributed by atoms with Gasteiger partial charge in [0.05, 0.1) is 64.1 Å². The van der Waals surface area contributed by atoms with Gasteiger partial charge in [0.2, 0.25) is 5.91 Å². The van der Waals surface area contributed by atoms with E-state index in [0.29, 0.717) is 49.0 Å². The van der Waals surface area contributed by atoms with Gasteiger partial charge < -0.3 is 48.9 Å². The van der Waals surface area contributed by atoms with Crippen LogP contribution in [-0.4, -0.2) is 118 Å². The fourth-order valence-electron chi connectivity index (χ4n) is 15.0. The fraction of sp³-hybridized carbons (Fsp3) is 0.435. The Morgan fingerprint density at radius 2 is 0.925 bits per heavy atom. The van der Waals surface area contributed by atoms with Crippen LogP contribution in [0, 0.1) is 35.5 Å². The highest BCUT2D eigenvalue weighted by Gasteiger charge is 2.36. The van der Waals surface area contributed by atoms with Crippen molar-refractivity contribution >= 4 is 105 Å². The molecule has 6 aromatic rings. The molecule has 4 fully saturated rings. The number of methoxy groups -OCH3 is 4. The number of halogens is 5. The number of allylic oxidation sites excluding steroid dienone is 5. The van der Waals surface area contributed by atoms with Gasteiger partial charge in [0, 0.05) is 37.6 Å². The highest BCUT2D eigenvalue weighted by atomic mass is 35.5. The predicted octanol–water partition coefficient (Wildman–Crippen LogP) is 18.8. The minimum Gasteiger partial charge on any atom is -0.486 e. The molecule has 3 N–H and O–H groups in total. The molecule has 10 atom stereocenters. The molecule has 8 unspecified atom stereocenters. The van der Waals surface area contributed by atoms with E-state index in [0.717, 1.165) is 164 Å². The number of carboxylic acids is 1. The number of aliphatic carboxylic acids is 1. The quantitative estimate of drug-likeness (QED) is 0.0467. The zero-order chi connectivity index (χ0) is 75.7. The third-order valence-electron chi connectivity index (χ3n) is 21.1. The maximum Gasteiger partial charge on any atom is 0.312 e. The molecule has 2 aliphatic heterocycles. The predicted molar refractivity (Wildman–Crippen MR) is 416 cm³/mol. The summed E-state index contributed by atoms with van der Waals surface area (Å²) in [5.74, 6) is 1.39. The van der Waals surface area contributed by atoms with Crippen LogP contribution in [0.4, 0.5) is 0 Å². The van der Waals surface area contributed by atoms with E-state index >= 15 is 0 Å². The summed E-state index contributed by atoms with van der Waals surface area (Å²) in [4.78, 5) is 71.3. The van der Waals surface area contributed by atoms with Crippen molar-refractivity contribution in [1.82, 2.24) is 10.2 Å². The number of aliphatic hydroxyl groups is 1. The molecule has 566 valence electrons. The number of amides is 1. The Hall–Kier alpha value is -7.67. The Morgan fingerprint density at radius 3 is 1.42 bits per heavy atom. The Kier molecular flexibility index (Phi) is 32.3. The van der Waals surface area contributed by atoms with Crippen LogP contribution in [-0.2, 0) is 47.7 Å². The Bertz CT molecular complexity index is 3940. The summed E-state index contributed by atoms with van der Waals surface area (Å²) in [6, 6.07) is 44.1. The molecule has 6 aliphatic carbocycles. The summed E-state index contributed by atoms with van der Waals surface area (Å²) in [6.07, 6.45) is 22.7. The van der Waals surface area contributed by atoms with E-state index in [-0.39, 0.29) is 71.3 Å². The number of carbonyl (C=O) groups excluding carboxylic acids is 5. The second kappa shape index (κ2) is 41.6. The van der Waals surface area contributed by atoms with Crippen LogP contribution in [0.2, 0.25) is 25.1 Å². The maximum atomic E-state index is 13.3. The summed E-state index contributed by atoms with van der Waals surface area (Å²) in [5, 5.41) is 27.1. The van der Waals surface area contributed by atoms with Crippen molar-refractivity contribution in [2.45, 2.75) is 139 Å². The molecular weight excluding hydrogens is 1450 g/mol. The van der Waals surface area contributed by atoms with Crippen LogP contribution < -0.4 is 14.8 Å². The number of fused-ring (bicyclic) bond motifs is 1. The fourth-order valence-corrected chi connectivity index (χ4v) is 15.7. The number of benzene rings is 6. The SMILES string of the molecule is COC(=O)C1C=C(c2ccc(Cl)cc2)CC1.COC(=O)C1CC=C(c2ccc(Cl)cc2)C1.COC(=O)C1CC=CC1.COC(=O)C1CCC(c2ccc(Cl)cc2)C1.O=C(N[C@H](CN1CCCC1)[C@H](O)c1ccc2c(c1)OCCO2)C1CCC(c2ccc(Cl)cc2)C1.O=C(O)C1CCC(c2ccc(Cl)cc2)C1. The molecule has 3 saturated carbocycles. The van der Waals surface area contributed by atoms with Crippen molar-refractivity contribution in [3.63, 3.8) is 0 Å². The van der Waals surface area contributed by atoms with E-state index in [2.05, 4.69) is 33.2 Å². The lowest BCUT2D eigenvalue weighted by atomic mass is 9.95. The van der Waals surface area contributed by atoms with Gasteiger partial charge in [-0.2, -0.15) is 0 Å². The average Bonchev–Trinajstić information content (AvgIpc) is 1.40. The highest BCUT2D eigenvalue weighted by molar-refractivity contribution is 6.31. The number of carbonyl (C=O) groups is 6. The number of rotatable bonds is 16. The molecule has 0 aromatic heterocycles. The first-order valence-corrected chi connectivity index (χ1v) is 38.6. The van der Waals surface area contributed by atoms with E-state index in [9.17, 15) is 33.9 Å². The first-order chi connectivity index (χ1) is 51.2. The first-order valence-electron chi connectivity index (χ1n) is 36.7. The van der Waals surface area contributed by atoms with E-state index in [1.807, 2.05) is 146 Å². The van der Waals surface area contributed by atoms with Gasteiger partial charge in [0.15, 0.2) is 11.5 Å². The van der Waals surface area contributed by atoms with Crippen molar-refractivity contribution in [3.8, 4) is 11.5 Å². The Morgan fingerprint density at radius 1 is 0.491 bits per heavy atom. The molecule has 14 rings (SSSR count). The molecule has 1 amide bonds. The topological polar surface area (TPSA) is 214 Å². The number of carboxylic acid groups (broad SMARTS) is 1. The second-order valence-electron chi connectivity index (χ2n) is 28.0. The Labute approximate surface area is 648 Å². The van der Waals surface area contributed by atoms with Gasteiger partial charge in [-0.25, -0.2) is 0 Å². The van der Waals surface area contributed by atoms with Gasteiger partial charge in [0.25, 0.3) is 0 Å². The first kappa shape index (κ1) is 82.4. The molecule has 0 spiro atoms. The smallest absolute Gasteiger partial charge is 0.312 e. The van der Waals surface area contributed by atoms with Gasteiger partial charge in [-0.15, -0.1) is 0 Å². The molecule has 8 aliphatic rings. The van der Waals surface area contributed by atoms with E-state index in [1.165, 1.54) is 56.3 Å². The number of nitrogens with one attached hydrogen (secondary N) is 1. The molecule has 6 aromatic carbocycles. The molecule has 1 saturated heterocycles. The molecule has 0 radical (unpaired) electrons. The summed E-state index contributed by atoms with van der Waals surface area (Å²) >= 11 is 29.3. The van der Waals surface area contributed by atoms with Crippen LogP contribution >= 0.6 is 58.0 Å². The normalized spacial score (nSPS) is 22.4. The second-order valence-corrected chi connectivity index (χ2v) is 30.2. The zero-order valence-electron chi connectivity index (χ0n) is 60.6. The van der Waals surface area contributed by atoms with E-state index < -0.39 is 12.1 Å². The lowest BCUT2D eigenvalue weighted by Crippen LogP contribution is -2.48. The number of aliphatic hydroxyl groups excluding tert-OH is 1. The van der Waals surface area contributed by atoms with E-state index in [4.69, 9.17) is 86.8 Å². The summed E-state index contributed by atoms with van der Waals surface area (Å²) < 4.78 is 30.1. The lowest BCUT2D eigenvalue weighted by molar-refractivity contribution is -0.146. The molecular formula is C85H97Cl5N2O14. The van der Waals surface area contributed by atoms with Gasteiger partial charge in [-0.3, -0.25) is 28.8 Å². The maximum absolute atomic E-state index is 13.3. The van der Waals surface area contributed by atoms with Gasteiger partial charge >= 0.3 is 29.8 Å². The van der Waals surface area contributed by atoms with Crippen molar-refractivity contribution in [3.05, 3.63) is 222 Å². The van der Waals surface area contributed by atoms with Crippen LogP contribution in [0.1, 0.15) is 166 Å². The highest BCUT2D eigenvalue weighted by Crippen LogP contribution is 2.43. The Balaban J connectivity index is 0.000000155. The van der Waals surface area contributed by atoms with Crippen LogP contribution in [0.25, 0.3) is 11.1 Å². The number of likely N-dealkylation sites (tertiary alicyclic amines) is 1. The van der Waals surface area contributed by atoms with Gasteiger partial charge in [0.1, 0.15) is 19.3 Å². The third kappa shape index (κ3) is 24.4. The summed E-state index contributed by atoms with van der Waals surface area (Å²) in [5.41, 5.74) is 9.13. The van der Waals surface area contributed by atoms with Crippen molar-refractivity contribution in [2.24, 2.45) is 35.5 Å². The lowest BCUT2D eigenvalue weighted by Gasteiger charge is -2.30. The molecule has 16 nitrogen and oxygen atoms in total. The van der Waals surface area contributed by atoms with Gasteiger partial charge in [-0.1, -0.05) is 149 Å². The number of hydrogen-bond acceptors (Lipinski definition) is 14. The third-order valence-corrected chi connectivity index (χ3v) is 22.4. The average molecular weight is 1550 g/mol. The van der Waals surface area contributed by atoms with Crippen LogP contribution in [0.15, 0.2) is 164 Å². The van der Waals surface area contributed by atoms with Crippen LogP contribution in [0.5, 0.6) is 11.5 Å². The minimum absolute atomic E-state index is 0.0179. The number of ether oxygens (including phenoxy) is 6. The number of nitrogens with zero attached hydrogens (tertiary/aromatic N) is 1. The molecule has 21 heteroatoms. The standard InChI is InChI=1S/C27H33ClN2O4.C13H15ClO2.2C13H13ClO2.C12H13ClO2.C7H10O2/c28-22-8-5-18(6-9-22)19-3-4-21(15-19)27(32)29-23(17-30-11-1-2-12-30)26(31)20-7-10-24-25(16-20)34-14-13-33-24;3*1-16-13(15)11-3-2-10(8-11)9-4-6-12(14)7-5-9;13-11-5-3-8(4-6-11)9-1-2-10(7-9)12(14)15;1-9-7(8)6-4-2-3-5-6/h5-10,16,19,21,23,26,31H,1-4,11-15,17H2,(H,29,32);4-7,10-11H,2-3,8H2,1H3;4-8,11H,2-3H2,1H3;2,4-7,11H,3,8H2,1H3;3-6,9-10H,1-2,7H2,(H,14,15);2-3,6H,4-5H2,1H3/t19?,21?,23-,26-;;;;;/m1...../s1. The van der Waals surface area contributed by atoms with E-state index in [1.54, 1.807) is 0 Å². The van der Waals surface area contributed by atoms with Crippen LogP contribution in [0.3, 0.4) is 0 Å². The molecule has 0 bridgehead atoms. The van der Waals surface area contributed by atoms with Crippen molar-refractivity contribution in [2.75, 3.05) is 61.3 Å². The summed E-state index contributed by atoms with van der Waals surface area (Å²) in [7, 11) is 5.75. The van der Waals surface area contributed by atoms with Gasteiger partial charge in [-0.05, 0) is 257 Å². The summed E-state index contributed by atoms with van der Waals surface area (Å²) in [6.45, 7) is 3.66. The van der Waals surface area contributed by atoms with Crippen molar-refractivity contribution in [1.29, 1.82) is 0 Å². The largest absolute Gasteiger partial charge is 0.486 e.